The monoisotopic (exact) mass is 275 g/mol. The molecule has 0 aliphatic carbocycles. The number of benzene rings is 1. The van der Waals surface area contributed by atoms with Gasteiger partial charge in [-0.1, -0.05) is 13.0 Å². The first-order valence-corrected chi connectivity index (χ1v) is 6.89. The highest BCUT2D eigenvalue weighted by Gasteiger charge is 2.14. The molecule has 0 saturated heterocycles. The number of nitrogen functional groups attached to an aromatic ring is 1. The first-order chi connectivity index (χ1) is 9.65. The van der Waals surface area contributed by atoms with Crippen molar-refractivity contribution in [2.75, 3.05) is 12.3 Å². The molecule has 1 aromatic carbocycles. The fraction of sp³-hybridized carbons (Fsp3) is 0.400. The predicted molar refractivity (Wildman–Crippen MR) is 79.4 cm³/mol. The van der Waals surface area contributed by atoms with Crippen LogP contribution in [0.1, 0.15) is 26.0 Å². The Labute approximate surface area is 119 Å². The molecule has 2 aromatic rings. The third-order valence-electron chi connectivity index (χ3n) is 2.89. The van der Waals surface area contributed by atoms with E-state index in [1.807, 2.05) is 38.1 Å². The lowest BCUT2D eigenvalue weighted by Gasteiger charge is -2.10. The van der Waals surface area contributed by atoms with Crippen molar-refractivity contribution >= 4 is 5.69 Å². The van der Waals surface area contributed by atoms with Crippen LogP contribution in [0.5, 0.6) is 17.4 Å². The number of anilines is 1. The van der Waals surface area contributed by atoms with Crippen LogP contribution < -0.4 is 15.2 Å². The van der Waals surface area contributed by atoms with Gasteiger partial charge in [0.25, 0.3) is 0 Å². The molecule has 5 nitrogen and oxygen atoms in total. The van der Waals surface area contributed by atoms with E-state index in [4.69, 9.17) is 15.2 Å². The lowest BCUT2D eigenvalue weighted by molar-refractivity contribution is 0.337. The summed E-state index contributed by atoms with van der Waals surface area (Å²) in [4.78, 5) is 0. The molecule has 0 radical (unpaired) electrons. The molecule has 1 aromatic heterocycles. The Morgan fingerprint density at radius 1 is 1.25 bits per heavy atom. The summed E-state index contributed by atoms with van der Waals surface area (Å²) in [6, 6.07) is 7.51. The number of nitrogens with zero attached hydrogens (tertiary/aromatic N) is 2. The van der Waals surface area contributed by atoms with Crippen LogP contribution in [0.4, 0.5) is 5.69 Å². The highest BCUT2D eigenvalue weighted by Crippen LogP contribution is 2.31. The van der Waals surface area contributed by atoms with E-state index in [2.05, 4.69) is 12.0 Å². The molecule has 0 amide bonds. The average molecular weight is 275 g/mol. The smallest absolute Gasteiger partial charge is 0.241 e. The van der Waals surface area contributed by atoms with Crippen molar-refractivity contribution < 1.29 is 9.47 Å². The lowest BCUT2D eigenvalue weighted by Crippen LogP contribution is -2.02. The van der Waals surface area contributed by atoms with Gasteiger partial charge in [-0.25, -0.2) is 4.68 Å². The second-order valence-electron chi connectivity index (χ2n) is 4.54. The molecule has 2 N–H and O–H groups in total. The van der Waals surface area contributed by atoms with Crippen molar-refractivity contribution in [1.29, 1.82) is 0 Å². The van der Waals surface area contributed by atoms with E-state index in [1.165, 1.54) is 0 Å². The predicted octanol–water partition coefficient (Wildman–Crippen LogP) is 3.37. The minimum absolute atomic E-state index is 0.584. The molecular formula is C15H21N3O2. The van der Waals surface area contributed by atoms with Crippen LogP contribution in [-0.2, 0) is 6.54 Å². The lowest BCUT2D eigenvalue weighted by atomic mass is 10.3. The molecule has 0 fully saturated rings. The maximum absolute atomic E-state index is 6.04. The van der Waals surface area contributed by atoms with E-state index in [1.54, 1.807) is 4.68 Å². The van der Waals surface area contributed by atoms with E-state index in [9.17, 15) is 0 Å². The van der Waals surface area contributed by atoms with E-state index in [0.29, 0.717) is 23.9 Å². The number of rotatable bonds is 6. The van der Waals surface area contributed by atoms with Crippen LogP contribution in [-0.4, -0.2) is 16.4 Å². The summed E-state index contributed by atoms with van der Waals surface area (Å²) in [5.74, 6) is 2.07. The Hall–Kier alpha value is -2.17. The highest BCUT2D eigenvalue weighted by atomic mass is 16.5. The number of hydrogen-bond acceptors (Lipinski definition) is 4. The van der Waals surface area contributed by atoms with Crippen molar-refractivity contribution in [3.63, 3.8) is 0 Å². The minimum Gasteiger partial charge on any atom is -0.494 e. The van der Waals surface area contributed by atoms with Gasteiger partial charge in [-0.3, -0.25) is 0 Å². The second-order valence-corrected chi connectivity index (χ2v) is 4.54. The fourth-order valence-electron chi connectivity index (χ4n) is 1.95. The Bertz CT molecular complexity index is 578. The summed E-state index contributed by atoms with van der Waals surface area (Å²) in [5.41, 5.74) is 7.41. The maximum atomic E-state index is 6.04. The molecule has 1 heterocycles. The van der Waals surface area contributed by atoms with Crippen molar-refractivity contribution in [2.24, 2.45) is 0 Å². The van der Waals surface area contributed by atoms with Crippen LogP contribution in [0.3, 0.4) is 0 Å². The van der Waals surface area contributed by atoms with Crippen LogP contribution in [0.2, 0.25) is 0 Å². The summed E-state index contributed by atoms with van der Waals surface area (Å²) >= 11 is 0. The zero-order chi connectivity index (χ0) is 14.5. The largest absolute Gasteiger partial charge is 0.494 e. The maximum Gasteiger partial charge on any atom is 0.241 e. The topological polar surface area (TPSA) is 62.3 Å². The van der Waals surface area contributed by atoms with Crippen molar-refractivity contribution in [3.05, 3.63) is 30.0 Å². The van der Waals surface area contributed by atoms with E-state index < -0.39 is 0 Å². The molecule has 2 rings (SSSR count). The van der Waals surface area contributed by atoms with Gasteiger partial charge in [0.15, 0.2) is 0 Å². The van der Waals surface area contributed by atoms with Gasteiger partial charge in [0.05, 0.1) is 12.3 Å². The summed E-state index contributed by atoms with van der Waals surface area (Å²) in [7, 11) is 0. The molecule has 5 heteroatoms. The molecule has 0 atom stereocenters. The van der Waals surface area contributed by atoms with Gasteiger partial charge in [0.2, 0.25) is 5.88 Å². The van der Waals surface area contributed by atoms with Crippen LogP contribution >= 0.6 is 0 Å². The van der Waals surface area contributed by atoms with Crippen LogP contribution in [0, 0.1) is 6.92 Å². The van der Waals surface area contributed by atoms with Crippen molar-refractivity contribution in [3.8, 4) is 17.4 Å². The number of nitrogens with two attached hydrogens (primary N) is 1. The zero-order valence-corrected chi connectivity index (χ0v) is 12.2. The third-order valence-corrected chi connectivity index (χ3v) is 2.89. The molecule has 20 heavy (non-hydrogen) atoms. The normalized spacial score (nSPS) is 10.6. The Morgan fingerprint density at radius 3 is 2.70 bits per heavy atom. The van der Waals surface area contributed by atoms with Gasteiger partial charge in [-0.2, -0.15) is 5.10 Å². The first kappa shape index (κ1) is 14.2. The van der Waals surface area contributed by atoms with Gasteiger partial charge in [-0.05, 0) is 32.4 Å². The molecular weight excluding hydrogens is 254 g/mol. The third kappa shape index (κ3) is 3.04. The zero-order valence-electron chi connectivity index (χ0n) is 12.2. The molecule has 0 aliphatic heterocycles. The SMILES string of the molecule is CCCn1nc(C)c(N)c1Oc1cccc(OCC)c1. The summed E-state index contributed by atoms with van der Waals surface area (Å²) in [6.45, 7) is 7.32. The van der Waals surface area contributed by atoms with Gasteiger partial charge in [-0.15, -0.1) is 0 Å². The molecule has 108 valence electrons. The Morgan fingerprint density at radius 2 is 2.00 bits per heavy atom. The van der Waals surface area contributed by atoms with Crippen LogP contribution in [0.25, 0.3) is 0 Å². The van der Waals surface area contributed by atoms with E-state index >= 15 is 0 Å². The first-order valence-electron chi connectivity index (χ1n) is 6.89. The minimum atomic E-state index is 0.584. The quantitative estimate of drug-likeness (QED) is 0.878. The summed E-state index contributed by atoms with van der Waals surface area (Å²) in [6.07, 6.45) is 0.968. The molecule has 0 unspecified atom stereocenters. The summed E-state index contributed by atoms with van der Waals surface area (Å²) in [5, 5.41) is 4.39. The fourth-order valence-corrected chi connectivity index (χ4v) is 1.95. The Kier molecular flexibility index (Phi) is 4.50. The summed E-state index contributed by atoms with van der Waals surface area (Å²) < 4.78 is 13.2. The van der Waals surface area contributed by atoms with E-state index in [0.717, 1.165) is 24.4 Å². The molecule has 0 bridgehead atoms. The molecule has 0 aliphatic rings. The van der Waals surface area contributed by atoms with E-state index in [-0.39, 0.29) is 0 Å². The number of ether oxygens (including phenoxy) is 2. The molecule has 0 saturated carbocycles. The standard InChI is InChI=1S/C15H21N3O2/c1-4-9-18-15(14(16)11(3)17-18)20-13-8-6-7-12(10-13)19-5-2/h6-8,10H,4-5,9,16H2,1-3H3. The Balaban J connectivity index is 2.27. The highest BCUT2D eigenvalue weighted by molar-refractivity contribution is 5.54. The average Bonchev–Trinajstić information content (AvgIpc) is 2.68. The van der Waals surface area contributed by atoms with Crippen molar-refractivity contribution in [2.45, 2.75) is 33.7 Å². The van der Waals surface area contributed by atoms with Crippen molar-refractivity contribution in [1.82, 2.24) is 9.78 Å². The van der Waals surface area contributed by atoms with Crippen LogP contribution in [0.15, 0.2) is 24.3 Å². The number of aryl methyl sites for hydroxylation is 2. The van der Waals surface area contributed by atoms with Gasteiger partial charge in [0, 0.05) is 12.6 Å². The van der Waals surface area contributed by atoms with Gasteiger partial charge < -0.3 is 15.2 Å². The van der Waals surface area contributed by atoms with Gasteiger partial charge >= 0.3 is 0 Å². The number of hydrogen-bond donors (Lipinski definition) is 1. The second kappa shape index (κ2) is 6.32. The molecule has 0 spiro atoms. The number of aromatic nitrogens is 2. The van der Waals surface area contributed by atoms with Gasteiger partial charge in [0.1, 0.15) is 17.2 Å².